The lowest BCUT2D eigenvalue weighted by molar-refractivity contribution is -0.121. The van der Waals surface area contributed by atoms with Gasteiger partial charge in [0.1, 0.15) is 0 Å². The van der Waals surface area contributed by atoms with Crippen molar-refractivity contribution < 1.29 is 4.79 Å². The Morgan fingerprint density at radius 3 is 2.46 bits per heavy atom. The summed E-state index contributed by atoms with van der Waals surface area (Å²) in [4.78, 5) is 12.2. The molecule has 128 valence electrons. The summed E-state index contributed by atoms with van der Waals surface area (Å²) in [5.41, 5.74) is 10.6. The molecule has 3 N–H and O–H groups in total. The van der Waals surface area contributed by atoms with E-state index in [2.05, 4.69) is 36.5 Å². The average Bonchev–Trinajstić information content (AvgIpc) is 3.34. The fraction of sp³-hybridized carbons (Fsp3) is 0.350. The number of hydrogen-bond acceptors (Lipinski definition) is 2. The molecule has 1 fully saturated rings. The van der Waals surface area contributed by atoms with Gasteiger partial charge in [-0.15, -0.1) is 12.4 Å². The topological polar surface area (TPSA) is 55.1 Å². The second-order valence-electron chi connectivity index (χ2n) is 6.57. The molecule has 1 amide bonds. The Bertz CT molecular complexity index is 710. The van der Waals surface area contributed by atoms with Crippen LogP contribution in [0.25, 0.3) is 0 Å². The molecule has 0 aromatic heterocycles. The molecule has 0 atom stereocenters. The van der Waals surface area contributed by atoms with Crippen molar-refractivity contribution in [2.45, 2.75) is 38.0 Å². The van der Waals surface area contributed by atoms with Crippen molar-refractivity contribution in [3.63, 3.8) is 0 Å². The fourth-order valence-corrected chi connectivity index (χ4v) is 3.23. The molecule has 0 heterocycles. The quantitative estimate of drug-likeness (QED) is 0.783. The molecule has 1 saturated carbocycles. The zero-order valence-corrected chi connectivity index (χ0v) is 14.9. The number of anilines is 1. The fourth-order valence-electron chi connectivity index (χ4n) is 3.23. The molecule has 0 bridgehead atoms. The first-order valence-electron chi connectivity index (χ1n) is 8.27. The second-order valence-corrected chi connectivity index (χ2v) is 6.57. The monoisotopic (exact) mass is 344 g/mol. The Labute approximate surface area is 150 Å². The van der Waals surface area contributed by atoms with Crippen LogP contribution in [0, 0.1) is 6.92 Å². The lowest BCUT2D eigenvalue weighted by Gasteiger charge is -2.19. The summed E-state index contributed by atoms with van der Waals surface area (Å²) in [6.07, 6.45) is 3.49. The minimum atomic E-state index is 0. The SMILES string of the molecule is Cc1ccccc1C1(CNC(=O)CCc2ccccc2N)CC1.Cl. The first kappa shape index (κ1) is 18.3. The normalized spacial score (nSPS) is 14.5. The van der Waals surface area contributed by atoms with Crippen LogP contribution in [0.1, 0.15) is 36.0 Å². The smallest absolute Gasteiger partial charge is 0.220 e. The number of carbonyl (C=O) groups excluding carboxylic acids is 1. The van der Waals surface area contributed by atoms with Gasteiger partial charge in [0.05, 0.1) is 0 Å². The number of benzene rings is 2. The predicted octanol–water partition coefficient (Wildman–Crippen LogP) is 3.78. The van der Waals surface area contributed by atoms with Crippen molar-refractivity contribution in [3.8, 4) is 0 Å². The third-order valence-corrected chi connectivity index (χ3v) is 4.87. The van der Waals surface area contributed by atoms with Crippen molar-refractivity contribution in [3.05, 3.63) is 65.2 Å². The van der Waals surface area contributed by atoms with Crippen molar-refractivity contribution >= 4 is 24.0 Å². The molecule has 0 unspecified atom stereocenters. The molecule has 4 heteroatoms. The Hall–Kier alpha value is -2.00. The summed E-state index contributed by atoms with van der Waals surface area (Å²) in [5, 5.41) is 3.12. The molecular formula is C20H25ClN2O. The van der Waals surface area contributed by atoms with Gasteiger partial charge in [-0.25, -0.2) is 0 Å². The van der Waals surface area contributed by atoms with E-state index >= 15 is 0 Å². The van der Waals surface area contributed by atoms with Gasteiger partial charge < -0.3 is 11.1 Å². The van der Waals surface area contributed by atoms with E-state index in [0.717, 1.165) is 30.6 Å². The molecule has 1 aliphatic rings. The zero-order chi connectivity index (χ0) is 16.3. The summed E-state index contributed by atoms with van der Waals surface area (Å²) in [6, 6.07) is 16.2. The highest BCUT2D eigenvalue weighted by Gasteiger charge is 2.44. The standard InChI is InChI=1S/C20H24N2O.ClH/c1-15-6-2-4-8-17(15)20(12-13-20)14-22-19(23)11-10-16-7-3-5-9-18(16)21;/h2-9H,10-14,21H2,1H3,(H,22,23);1H. The lowest BCUT2D eigenvalue weighted by Crippen LogP contribution is -2.32. The highest BCUT2D eigenvalue weighted by Crippen LogP contribution is 2.48. The summed E-state index contributed by atoms with van der Waals surface area (Å²) in [6.45, 7) is 2.89. The second kappa shape index (κ2) is 7.71. The maximum Gasteiger partial charge on any atom is 0.220 e. The van der Waals surface area contributed by atoms with Crippen LogP contribution >= 0.6 is 12.4 Å². The number of nitrogens with two attached hydrogens (primary N) is 1. The van der Waals surface area contributed by atoms with Gasteiger partial charge in [-0.2, -0.15) is 0 Å². The van der Waals surface area contributed by atoms with Crippen LogP contribution in [0.2, 0.25) is 0 Å². The molecule has 0 spiro atoms. The van der Waals surface area contributed by atoms with Gasteiger partial charge in [-0.3, -0.25) is 4.79 Å². The average molecular weight is 345 g/mol. The number of nitrogen functional groups attached to an aromatic ring is 1. The summed E-state index contributed by atoms with van der Waals surface area (Å²) in [5.74, 6) is 0.105. The molecule has 0 radical (unpaired) electrons. The lowest BCUT2D eigenvalue weighted by atomic mass is 9.92. The minimum absolute atomic E-state index is 0. The summed E-state index contributed by atoms with van der Waals surface area (Å²) < 4.78 is 0. The van der Waals surface area contributed by atoms with Crippen LogP contribution in [0.3, 0.4) is 0 Å². The molecule has 2 aromatic carbocycles. The van der Waals surface area contributed by atoms with E-state index in [9.17, 15) is 4.79 Å². The minimum Gasteiger partial charge on any atom is -0.399 e. The van der Waals surface area contributed by atoms with Crippen LogP contribution in [0.4, 0.5) is 5.69 Å². The molecule has 3 nitrogen and oxygen atoms in total. The largest absolute Gasteiger partial charge is 0.399 e. The van der Waals surface area contributed by atoms with Crippen LogP contribution in [-0.4, -0.2) is 12.5 Å². The Kier molecular flexibility index (Phi) is 5.89. The number of para-hydroxylation sites is 1. The van der Waals surface area contributed by atoms with Gasteiger partial charge >= 0.3 is 0 Å². The maximum absolute atomic E-state index is 12.2. The molecule has 3 rings (SSSR count). The molecule has 24 heavy (non-hydrogen) atoms. The van der Waals surface area contributed by atoms with E-state index in [-0.39, 0.29) is 23.7 Å². The van der Waals surface area contributed by atoms with Gasteiger partial charge in [0.2, 0.25) is 5.91 Å². The number of nitrogens with one attached hydrogen (secondary N) is 1. The van der Waals surface area contributed by atoms with Crippen LogP contribution in [0.5, 0.6) is 0 Å². The third-order valence-electron chi connectivity index (χ3n) is 4.87. The molecule has 0 saturated heterocycles. The predicted molar refractivity (Wildman–Crippen MR) is 102 cm³/mol. The van der Waals surface area contributed by atoms with E-state index in [1.807, 2.05) is 24.3 Å². The number of carbonyl (C=O) groups is 1. The highest BCUT2D eigenvalue weighted by molar-refractivity contribution is 5.85. The Balaban J connectivity index is 0.00000208. The number of halogens is 1. The molecule has 1 aliphatic carbocycles. The van der Waals surface area contributed by atoms with E-state index in [0.29, 0.717) is 12.8 Å². The molecule has 2 aromatic rings. The highest BCUT2D eigenvalue weighted by atomic mass is 35.5. The Morgan fingerprint density at radius 1 is 1.12 bits per heavy atom. The van der Waals surface area contributed by atoms with Crippen molar-refractivity contribution in [1.29, 1.82) is 0 Å². The zero-order valence-electron chi connectivity index (χ0n) is 14.0. The van der Waals surface area contributed by atoms with Crippen LogP contribution < -0.4 is 11.1 Å². The number of rotatable bonds is 6. The van der Waals surface area contributed by atoms with Gasteiger partial charge in [0, 0.05) is 24.1 Å². The van der Waals surface area contributed by atoms with Crippen molar-refractivity contribution in [1.82, 2.24) is 5.32 Å². The van der Waals surface area contributed by atoms with Crippen molar-refractivity contribution in [2.75, 3.05) is 12.3 Å². The van der Waals surface area contributed by atoms with Crippen LogP contribution in [-0.2, 0) is 16.6 Å². The number of hydrogen-bond donors (Lipinski definition) is 2. The van der Waals surface area contributed by atoms with E-state index in [1.54, 1.807) is 0 Å². The molecule has 0 aliphatic heterocycles. The van der Waals surface area contributed by atoms with Gasteiger partial charge in [-0.05, 0) is 48.9 Å². The first-order valence-corrected chi connectivity index (χ1v) is 8.27. The Morgan fingerprint density at radius 2 is 1.79 bits per heavy atom. The van der Waals surface area contributed by atoms with Crippen molar-refractivity contribution in [2.24, 2.45) is 0 Å². The van der Waals surface area contributed by atoms with E-state index < -0.39 is 0 Å². The maximum atomic E-state index is 12.2. The molecular weight excluding hydrogens is 320 g/mol. The van der Waals surface area contributed by atoms with E-state index in [1.165, 1.54) is 11.1 Å². The van der Waals surface area contributed by atoms with E-state index in [4.69, 9.17) is 5.73 Å². The van der Waals surface area contributed by atoms with Gasteiger partial charge in [0.15, 0.2) is 0 Å². The third kappa shape index (κ3) is 4.09. The summed E-state index contributed by atoms with van der Waals surface area (Å²) in [7, 11) is 0. The van der Waals surface area contributed by atoms with Gasteiger partial charge in [0.25, 0.3) is 0 Å². The first-order chi connectivity index (χ1) is 11.1. The number of amides is 1. The summed E-state index contributed by atoms with van der Waals surface area (Å²) >= 11 is 0. The van der Waals surface area contributed by atoms with Gasteiger partial charge in [-0.1, -0.05) is 42.5 Å². The van der Waals surface area contributed by atoms with Crippen LogP contribution in [0.15, 0.2) is 48.5 Å². The number of aryl methyl sites for hydroxylation is 2.